The standard InChI is InChI=1S/C59H34N6/c1-37-31-39(36-61)17-27-46(37)44-24-30-57(64-53-12-6-4-9-47(53)49-33-43(22-28-55(49)64)41-20-25-45(62-2)26-21-41)51(34-44)59-52(63-3)11-8-14-58(59)65-54-13-7-5-10-48(54)50-32-42(23-29-56(50)65)40-18-15-38(35-60)16-19-40/h4-34H,1H3. The van der Waals surface area contributed by atoms with Crippen molar-refractivity contribution in [2.45, 2.75) is 6.92 Å². The van der Waals surface area contributed by atoms with Gasteiger partial charge in [0.05, 0.1) is 64.2 Å². The third kappa shape index (κ3) is 6.30. The van der Waals surface area contributed by atoms with Gasteiger partial charge in [0, 0.05) is 32.8 Å². The first-order valence-electron chi connectivity index (χ1n) is 21.2. The smallest absolute Gasteiger partial charge is 0.197 e. The van der Waals surface area contributed by atoms with Gasteiger partial charge in [-0.15, -0.1) is 0 Å². The van der Waals surface area contributed by atoms with Gasteiger partial charge in [0.1, 0.15) is 0 Å². The molecule has 0 N–H and O–H groups in total. The molecule has 0 saturated heterocycles. The average molecular weight is 827 g/mol. The van der Waals surface area contributed by atoms with E-state index in [9.17, 15) is 10.5 Å². The van der Waals surface area contributed by atoms with E-state index < -0.39 is 0 Å². The van der Waals surface area contributed by atoms with Crippen molar-refractivity contribution in [3.05, 3.63) is 228 Å². The lowest BCUT2D eigenvalue weighted by Crippen LogP contribution is -2.02. The van der Waals surface area contributed by atoms with Crippen LogP contribution < -0.4 is 0 Å². The summed E-state index contributed by atoms with van der Waals surface area (Å²) < 4.78 is 4.61. The second kappa shape index (κ2) is 15.5. The fourth-order valence-electron chi connectivity index (χ4n) is 9.53. The third-order valence-corrected chi connectivity index (χ3v) is 12.6. The van der Waals surface area contributed by atoms with E-state index >= 15 is 0 Å². The summed E-state index contributed by atoms with van der Waals surface area (Å²) >= 11 is 0. The molecular formula is C59H34N6. The molecular weight excluding hydrogens is 793 g/mol. The van der Waals surface area contributed by atoms with Crippen LogP contribution in [-0.4, -0.2) is 9.13 Å². The van der Waals surface area contributed by atoms with Gasteiger partial charge in [0.15, 0.2) is 11.4 Å². The Morgan fingerprint density at radius 2 is 0.954 bits per heavy atom. The molecule has 0 atom stereocenters. The van der Waals surface area contributed by atoms with Crippen LogP contribution in [0, 0.1) is 42.7 Å². The number of benzene rings is 9. The van der Waals surface area contributed by atoms with Crippen molar-refractivity contribution in [2.24, 2.45) is 0 Å². The molecule has 0 aliphatic rings. The molecule has 0 bridgehead atoms. The Balaban J connectivity index is 1.20. The van der Waals surface area contributed by atoms with Crippen LogP contribution in [0.4, 0.5) is 11.4 Å². The SMILES string of the molecule is [C-]#[N+]c1ccc(-c2ccc3c(c2)c2ccccc2n3-c2ccc(-c3ccc(C#N)cc3C)cc2-c2c([N+]#[C-])cccc2-n2c3ccccc3c3cc(-c4ccc(C#N)cc4)ccc32)cc1. The molecule has 0 aliphatic heterocycles. The van der Waals surface area contributed by atoms with Crippen LogP contribution in [0.2, 0.25) is 0 Å². The minimum atomic E-state index is 0.517. The Morgan fingerprint density at radius 3 is 1.54 bits per heavy atom. The van der Waals surface area contributed by atoms with Crippen molar-refractivity contribution >= 4 is 55.0 Å². The third-order valence-electron chi connectivity index (χ3n) is 12.6. The highest BCUT2D eigenvalue weighted by molar-refractivity contribution is 6.13. The van der Waals surface area contributed by atoms with Crippen molar-refractivity contribution in [3.63, 3.8) is 0 Å². The summed E-state index contributed by atoms with van der Waals surface area (Å²) in [4.78, 5) is 7.84. The first-order valence-corrected chi connectivity index (χ1v) is 21.2. The maximum absolute atomic E-state index is 9.75. The molecule has 0 fully saturated rings. The maximum atomic E-state index is 9.75. The molecule has 0 saturated carbocycles. The molecule has 0 amide bonds. The number of hydrogen-bond acceptors (Lipinski definition) is 2. The molecule has 9 aromatic carbocycles. The van der Waals surface area contributed by atoms with Crippen molar-refractivity contribution in [2.75, 3.05) is 0 Å². The highest BCUT2D eigenvalue weighted by Gasteiger charge is 2.24. The normalized spacial score (nSPS) is 11.1. The Morgan fingerprint density at radius 1 is 0.415 bits per heavy atom. The topological polar surface area (TPSA) is 66.2 Å². The number of aryl methyl sites for hydroxylation is 1. The second-order valence-electron chi connectivity index (χ2n) is 16.2. The number of para-hydroxylation sites is 2. The molecule has 65 heavy (non-hydrogen) atoms. The second-order valence-corrected chi connectivity index (χ2v) is 16.2. The zero-order valence-electron chi connectivity index (χ0n) is 35.1. The maximum Gasteiger partial charge on any atom is 0.197 e. The van der Waals surface area contributed by atoms with Crippen LogP contribution in [0.15, 0.2) is 188 Å². The predicted molar refractivity (Wildman–Crippen MR) is 264 cm³/mol. The van der Waals surface area contributed by atoms with E-state index in [4.69, 9.17) is 13.1 Å². The van der Waals surface area contributed by atoms with Gasteiger partial charge in [-0.1, -0.05) is 109 Å². The summed E-state index contributed by atoms with van der Waals surface area (Å²) in [6.07, 6.45) is 0. The fourth-order valence-corrected chi connectivity index (χ4v) is 9.53. The van der Waals surface area contributed by atoms with E-state index in [0.29, 0.717) is 22.5 Å². The van der Waals surface area contributed by atoms with Gasteiger partial charge in [-0.25, -0.2) is 9.69 Å². The molecule has 2 aromatic heterocycles. The minimum Gasteiger partial charge on any atom is -0.310 e. The predicted octanol–water partition coefficient (Wildman–Crippen LogP) is 15.7. The summed E-state index contributed by atoms with van der Waals surface area (Å²) in [6, 6.07) is 68.2. The molecule has 0 aliphatic carbocycles. The van der Waals surface area contributed by atoms with E-state index in [-0.39, 0.29) is 0 Å². The lowest BCUT2D eigenvalue weighted by atomic mass is 9.92. The molecule has 2 heterocycles. The first kappa shape index (κ1) is 38.5. The zero-order valence-corrected chi connectivity index (χ0v) is 35.1. The minimum absolute atomic E-state index is 0.517. The summed E-state index contributed by atoms with van der Waals surface area (Å²) in [6.45, 7) is 18.2. The van der Waals surface area contributed by atoms with Crippen LogP contribution >= 0.6 is 0 Å². The summed E-state index contributed by atoms with van der Waals surface area (Å²) in [5.74, 6) is 0. The van der Waals surface area contributed by atoms with Crippen molar-refractivity contribution in [3.8, 4) is 68.0 Å². The average Bonchev–Trinajstić information content (AvgIpc) is 3.88. The lowest BCUT2D eigenvalue weighted by molar-refractivity contribution is 1.16. The first-order chi connectivity index (χ1) is 32.0. The quantitative estimate of drug-likeness (QED) is 0.157. The highest BCUT2D eigenvalue weighted by Crippen LogP contribution is 2.46. The Labute approximate surface area is 375 Å². The number of nitriles is 2. The van der Waals surface area contributed by atoms with Crippen LogP contribution in [-0.2, 0) is 0 Å². The van der Waals surface area contributed by atoms with Crippen LogP contribution in [0.3, 0.4) is 0 Å². The number of aromatic nitrogens is 2. The van der Waals surface area contributed by atoms with Crippen molar-refractivity contribution < 1.29 is 0 Å². The van der Waals surface area contributed by atoms with Crippen LogP contribution in [0.25, 0.3) is 109 Å². The van der Waals surface area contributed by atoms with Gasteiger partial charge in [-0.2, -0.15) is 10.5 Å². The fraction of sp³-hybridized carbons (Fsp3) is 0.0169. The van der Waals surface area contributed by atoms with Gasteiger partial charge < -0.3 is 9.13 Å². The summed E-state index contributed by atoms with van der Waals surface area (Å²) in [5.41, 5.74) is 17.0. The number of rotatable bonds is 6. The molecule has 11 rings (SSSR count). The van der Waals surface area contributed by atoms with Crippen molar-refractivity contribution in [1.29, 1.82) is 10.5 Å². The largest absolute Gasteiger partial charge is 0.310 e. The van der Waals surface area contributed by atoms with E-state index in [1.54, 1.807) is 0 Å². The number of nitrogens with zero attached hydrogens (tertiary/aromatic N) is 6. The van der Waals surface area contributed by atoms with Gasteiger partial charge in [0.25, 0.3) is 0 Å². The Kier molecular flexibility index (Phi) is 9.15. The van der Waals surface area contributed by atoms with Gasteiger partial charge in [-0.05, 0) is 130 Å². The van der Waals surface area contributed by atoms with Gasteiger partial charge in [-0.3, -0.25) is 0 Å². The van der Waals surface area contributed by atoms with E-state index in [1.807, 2.05) is 85.8 Å². The molecule has 6 nitrogen and oxygen atoms in total. The molecule has 11 aromatic rings. The van der Waals surface area contributed by atoms with Crippen molar-refractivity contribution in [1.82, 2.24) is 9.13 Å². The lowest BCUT2D eigenvalue weighted by Gasteiger charge is -2.21. The van der Waals surface area contributed by atoms with E-state index in [1.165, 1.54) is 0 Å². The number of fused-ring (bicyclic) bond motifs is 6. The van der Waals surface area contributed by atoms with E-state index in [2.05, 4.69) is 140 Å². The van der Waals surface area contributed by atoms with Crippen LogP contribution in [0.1, 0.15) is 16.7 Å². The van der Waals surface area contributed by atoms with E-state index in [0.717, 1.165) is 105 Å². The molecule has 0 unspecified atom stereocenters. The van der Waals surface area contributed by atoms with Gasteiger partial charge in [0.2, 0.25) is 0 Å². The Hall–Kier alpha value is -9.46. The Bertz CT molecular complexity index is 3930. The molecule has 6 heteroatoms. The van der Waals surface area contributed by atoms with Crippen LogP contribution in [0.5, 0.6) is 0 Å². The molecule has 0 radical (unpaired) electrons. The number of hydrogen-bond donors (Lipinski definition) is 0. The monoisotopic (exact) mass is 826 g/mol. The van der Waals surface area contributed by atoms with Gasteiger partial charge >= 0.3 is 0 Å². The highest BCUT2D eigenvalue weighted by atomic mass is 15.0. The molecule has 300 valence electrons. The molecule has 0 spiro atoms. The summed E-state index contributed by atoms with van der Waals surface area (Å²) in [5, 5.41) is 23.5. The zero-order chi connectivity index (χ0) is 44.2. The summed E-state index contributed by atoms with van der Waals surface area (Å²) in [7, 11) is 0.